The van der Waals surface area contributed by atoms with Gasteiger partial charge in [-0.3, -0.25) is 19.9 Å². The number of likely N-dealkylation sites (tertiary alicyclic amines) is 2. The minimum atomic E-state index is -0.251. The Morgan fingerprint density at radius 1 is 1.21 bits per heavy atom. The third-order valence-corrected chi connectivity index (χ3v) is 7.33. The molecule has 0 aliphatic carbocycles. The quantitative estimate of drug-likeness (QED) is 0.298. The highest BCUT2D eigenvalue weighted by Gasteiger charge is 2.38. The number of nitrogens with zero attached hydrogens (tertiary/aromatic N) is 2. The maximum Gasteiger partial charge on any atom is 0.320 e. The molecule has 1 aromatic heterocycles. The van der Waals surface area contributed by atoms with Gasteiger partial charge in [-0.05, 0) is 70.0 Å². The van der Waals surface area contributed by atoms with Crippen molar-refractivity contribution in [2.24, 2.45) is 5.73 Å². The smallest absolute Gasteiger partial charge is 0.320 e. The fourth-order valence-corrected chi connectivity index (χ4v) is 5.69. The summed E-state index contributed by atoms with van der Waals surface area (Å²) in [4.78, 5) is 33.1. The van der Waals surface area contributed by atoms with E-state index in [2.05, 4.69) is 22.9 Å². The predicted molar refractivity (Wildman–Crippen MR) is 133 cm³/mol. The van der Waals surface area contributed by atoms with Gasteiger partial charge in [-0.1, -0.05) is 19.1 Å². The molecule has 34 heavy (non-hydrogen) atoms. The maximum absolute atomic E-state index is 13.5. The number of nitrogen functional groups attached to an aromatic ring is 1. The van der Waals surface area contributed by atoms with E-state index in [0.717, 1.165) is 69.1 Å². The first-order valence-electron chi connectivity index (χ1n) is 12.6. The Labute approximate surface area is 201 Å². The Kier molecular flexibility index (Phi) is 7.56. The van der Waals surface area contributed by atoms with Gasteiger partial charge in [-0.2, -0.15) is 0 Å². The molecular weight excluding hydrogens is 430 g/mol. The van der Waals surface area contributed by atoms with Crippen molar-refractivity contribution in [3.05, 3.63) is 35.0 Å². The number of amidine groups is 1. The van der Waals surface area contributed by atoms with Crippen molar-refractivity contribution in [3.8, 4) is 0 Å². The minimum Gasteiger partial charge on any atom is -0.465 e. The van der Waals surface area contributed by atoms with E-state index >= 15 is 0 Å². The third kappa shape index (κ3) is 4.97. The van der Waals surface area contributed by atoms with E-state index in [9.17, 15) is 9.59 Å². The third-order valence-electron chi connectivity index (χ3n) is 7.33. The average molecular weight is 468 g/mol. The number of aryl methyl sites for hydroxylation is 2. The Morgan fingerprint density at radius 2 is 2.00 bits per heavy atom. The summed E-state index contributed by atoms with van der Waals surface area (Å²) in [5.74, 6) is -0.0121. The van der Waals surface area contributed by atoms with E-state index in [4.69, 9.17) is 15.9 Å². The van der Waals surface area contributed by atoms with Crippen LogP contribution in [-0.2, 0) is 27.2 Å². The van der Waals surface area contributed by atoms with Gasteiger partial charge in [0.25, 0.3) is 0 Å². The molecule has 1 amide bonds. The number of carbonyl (C=O) groups is 2. The van der Waals surface area contributed by atoms with Gasteiger partial charge in [0.05, 0.1) is 19.2 Å². The largest absolute Gasteiger partial charge is 0.465 e. The summed E-state index contributed by atoms with van der Waals surface area (Å²) < 4.78 is 5.11. The number of rotatable bonds is 9. The number of aromatic amines is 1. The molecule has 0 spiro atoms. The van der Waals surface area contributed by atoms with Crippen LogP contribution in [0.25, 0.3) is 10.9 Å². The molecule has 0 radical (unpaired) electrons. The highest BCUT2D eigenvalue weighted by Crippen LogP contribution is 2.29. The first kappa shape index (κ1) is 24.3. The van der Waals surface area contributed by atoms with Gasteiger partial charge < -0.3 is 20.4 Å². The molecule has 2 fully saturated rings. The van der Waals surface area contributed by atoms with Crippen LogP contribution in [-0.4, -0.2) is 70.8 Å². The highest BCUT2D eigenvalue weighted by atomic mass is 16.5. The maximum atomic E-state index is 13.5. The number of ether oxygens (including phenoxy) is 1. The molecule has 184 valence electrons. The fraction of sp³-hybridized carbons (Fsp3) is 0.577. The zero-order valence-electron chi connectivity index (χ0n) is 20.4. The van der Waals surface area contributed by atoms with E-state index in [1.54, 1.807) is 6.92 Å². The molecule has 2 aliphatic rings. The summed E-state index contributed by atoms with van der Waals surface area (Å²) in [7, 11) is 0. The van der Waals surface area contributed by atoms with Crippen LogP contribution in [0.4, 0.5) is 0 Å². The molecule has 8 nitrogen and oxygen atoms in total. The second-order valence-electron chi connectivity index (χ2n) is 9.41. The van der Waals surface area contributed by atoms with Crippen molar-refractivity contribution in [1.29, 1.82) is 5.41 Å². The number of nitrogens with one attached hydrogen (secondary N) is 2. The van der Waals surface area contributed by atoms with Gasteiger partial charge in [0, 0.05) is 34.7 Å². The van der Waals surface area contributed by atoms with Crippen molar-refractivity contribution in [2.45, 2.75) is 70.9 Å². The van der Waals surface area contributed by atoms with E-state index in [1.807, 2.05) is 17.0 Å². The number of nitrogens with two attached hydrogens (primary N) is 1. The van der Waals surface area contributed by atoms with Gasteiger partial charge in [-0.25, -0.2) is 0 Å². The molecular formula is C26H37N5O3. The highest BCUT2D eigenvalue weighted by molar-refractivity contribution is 5.99. The summed E-state index contributed by atoms with van der Waals surface area (Å²) in [6.07, 6.45) is 6.50. The molecule has 2 aliphatic heterocycles. The number of fused-ring (bicyclic) bond motifs is 1. The number of amides is 1. The summed E-state index contributed by atoms with van der Waals surface area (Å²) in [6, 6.07) is 5.91. The summed E-state index contributed by atoms with van der Waals surface area (Å²) >= 11 is 0. The molecule has 4 rings (SSSR count). The van der Waals surface area contributed by atoms with E-state index in [1.165, 1.54) is 16.6 Å². The molecule has 3 heterocycles. The van der Waals surface area contributed by atoms with E-state index in [-0.39, 0.29) is 36.3 Å². The van der Waals surface area contributed by atoms with Gasteiger partial charge >= 0.3 is 5.97 Å². The Balaban J connectivity index is 1.44. The number of esters is 1. The lowest BCUT2D eigenvalue weighted by Crippen LogP contribution is -2.48. The number of H-pyrrole nitrogens is 1. The summed E-state index contributed by atoms with van der Waals surface area (Å²) in [5.41, 5.74) is 9.92. The summed E-state index contributed by atoms with van der Waals surface area (Å²) in [5, 5.41) is 8.90. The molecule has 2 aromatic rings. The molecule has 0 saturated carbocycles. The number of aromatic nitrogens is 1. The monoisotopic (exact) mass is 467 g/mol. The standard InChI is InChI=1S/C26H37N5O3/c1-3-19-20-11-9-17(25(27)28)15-22(20)29-21(19)12-10-18-7-5-14-31(18)26(33)23-8-6-13-30(23)16-24(32)34-4-2/h9,11,15,18,23,29H,3-8,10,12-14,16H2,1-2H3,(H3,27,28)/t18-,23+/m0/s1. The molecule has 2 saturated heterocycles. The second-order valence-corrected chi connectivity index (χ2v) is 9.41. The van der Waals surface area contributed by atoms with Crippen molar-refractivity contribution in [2.75, 3.05) is 26.2 Å². The molecule has 0 unspecified atom stereocenters. The van der Waals surface area contributed by atoms with Gasteiger partial charge in [0.1, 0.15) is 5.84 Å². The first-order chi connectivity index (χ1) is 16.4. The van der Waals surface area contributed by atoms with E-state index < -0.39 is 0 Å². The topological polar surface area (TPSA) is 116 Å². The second kappa shape index (κ2) is 10.6. The van der Waals surface area contributed by atoms with Crippen LogP contribution in [0.2, 0.25) is 0 Å². The lowest BCUT2D eigenvalue weighted by atomic mass is 10.0. The molecule has 0 bridgehead atoms. The van der Waals surface area contributed by atoms with Crippen molar-refractivity contribution in [3.63, 3.8) is 0 Å². The number of carbonyl (C=O) groups excluding carboxylic acids is 2. The zero-order chi connectivity index (χ0) is 24.2. The van der Waals surface area contributed by atoms with Gasteiger partial charge in [0.2, 0.25) is 5.91 Å². The van der Waals surface area contributed by atoms with Crippen LogP contribution < -0.4 is 5.73 Å². The van der Waals surface area contributed by atoms with Gasteiger partial charge in [0.15, 0.2) is 0 Å². The lowest BCUT2D eigenvalue weighted by Gasteiger charge is -2.31. The minimum absolute atomic E-state index is 0.0696. The molecule has 1 aromatic carbocycles. The molecule has 8 heteroatoms. The Morgan fingerprint density at radius 3 is 2.74 bits per heavy atom. The van der Waals surface area contributed by atoms with Crippen molar-refractivity contribution in [1.82, 2.24) is 14.8 Å². The number of benzene rings is 1. The van der Waals surface area contributed by atoms with Crippen LogP contribution in [0.5, 0.6) is 0 Å². The van der Waals surface area contributed by atoms with Crippen molar-refractivity contribution >= 4 is 28.6 Å². The Bertz CT molecular complexity index is 1060. The van der Waals surface area contributed by atoms with Crippen molar-refractivity contribution < 1.29 is 14.3 Å². The zero-order valence-corrected chi connectivity index (χ0v) is 20.4. The Hall–Kier alpha value is -2.87. The predicted octanol–water partition coefficient (Wildman–Crippen LogP) is 2.97. The number of hydrogen-bond donors (Lipinski definition) is 3. The van der Waals surface area contributed by atoms with Crippen LogP contribution >= 0.6 is 0 Å². The van der Waals surface area contributed by atoms with E-state index in [0.29, 0.717) is 6.61 Å². The summed E-state index contributed by atoms with van der Waals surface area (Å²) in [6.45, 7) is 6.09. The molecule has 4 N–H and O–H groups in total. The van der Waals surface area contributed by atoms with Crippen LogP contribution in [0.15, 0.2) is 18.2 Å². The first-order valence-corrected chi connectivity index (χ1v) is 12.6. The lowest BCUT2D eigenvalue weighted by molar-refractivity contribution is -0.146. The molecule has 2 atom stereocenters. The van der Waals surface area contributed by atoms with Crippen LogP contribution in [0.1, 0.15) is 62.8 Å². The van der Waals surface area contributed by atoms with Gasteiger partial charge in [-0.15, -0.1) is 0 Å². The normalized spacial score (nSPS) is 20.8. The van der Waals surface area contributed by atoms with Crippen LogP contribution in [0.3, 0.4) is 0 Å². The van der Waals surface area contributed by atoms with Crippen LogP contribution in [0, 0.1) is 5.41 Å². The SMILES string of the molecule is CCOC(=O)CN1CCC[C@@H]1C(=O)N1CCC[C@H]1CCc1[nH]c2cc(C(=N)N)ccc2c1CC. The number of hydrogen-bond acceptors (Lipinski definition) is 5. The average Bonchev–Trinajstić information content (AvgIpc) is 3.54. The fourth-order valence-electron chi connectivity index (χ4n) is 5.69.